The molecular weight excluding hydrogens is 236 g/mol. The Hall–Kier alpha value is -1.32. The molecule has 1 aromatic heterocycles. The number of benzene rings is 1. The molecule has 2 unspecified atom stereocenters. The number of nitrogens with two attached hydrogens (primary N) is 1. The first kappa shape index (κ1) is 12.7. The molecule has 2 N–H and O–H groups in total. The van der Waals surface area contributed by atoms with Crippen LogP contribution in [0.4, 0.5) is 0 Å². The van der Waals surface area contributed by atoms with Crippen molar-refractivity contribution >= 4 is 11.0 Å². The van der Waals surface area contributed by atoms with E-state index in [0.717, 1.165) is 18.7 Å². The lowest BCUT2D eigenvalue weighted by molar-refractivity contribution is 0.123. The third-order valence-electron chi connectivity index (χ3n) is 4.21. The molecule has 0 spiro atoms. The van der Waals surface area contributed by atoms with Gasteiger partial charge in [0.25, 0.3) is 0 Å². The van der Waals surface area contributed by atoms with Crippen LogP contribution in [-0.2, 0) is 6.54 Å². The minimum Gasteiger partial charge on any atom is -0.464 e. The molecule has 1 fully saturated rings. The van der Waals surface area contributed by atoms with Crippen LogP contribution in [0.1, 0.15) is 31.7 Å². The van der Waals surface area contributed by atoms with Crippen molar-refractivity contribution in [2.45, 2.75) is 44.8 Å². The minimum absolute atomic E-state index is 0.235. The maximum atomic E-state index is 6.13. The highest BCUT2D eigenvalue weighted by Crippen LogP contribution is 2.26. The summed E-state index contributed by atoms with van der Waals surface area (Å²) in [4.78, 5) is 2.52. The smallest absolute Gasteiger partial charge is 0.134 e. The summed E-state index contributed by atoms with van der Waals surface area (Å²) in [5, 5.41) is 1.23. The van der Waals surface area contributed by atoms with Crippen LogP contribution in [0.25, 0.3) is 11.0 Å². The maximum absolute atomic E-state index is 6.13. The topological polar surface area (TPSA) is 42.4 Å². The van der Waals surface area contributed by atoms with Crippen LogP contribution >= 0.6 is 0 Å². The van der Waals surface area contributed by atoms with Gasteiger partial charge in [-0.15, -0.1) is 0 Å². The molecular formula is C16H22N2O. The molecule has 0 aliphatic carbocycles. The number of furan rings is 1. The summed E-state index contributed by atoms with van der Waals surface area (Å²) in [6, 6.07) is 8.99. The molecule has 3 nitrogen and oxygen atoms in total. The predicted molar refractivity (Wildman–Crippen MR) is 77.9 cm³/mol. The fraction of sp³-hybridized carbons (Fsp3) is 0.500. The number of para-hydroxylation sites is 1. The van der Waals surface area contributed by atoms with Gasteiger partial charge in [0.05, 0.1) is 6.26 Å². The summed E-state index contributed by atoms with van der Waals surface area (Å²) in [5.41, 5.74) is 8.39. The number of piperidine rings is 1. The van der Waals surface area contributed by atoms with Crippen molar-refractivity contribution in [2.24, 2.45) is 5.73 Å². The van der Waals surface area contributed by atoms with Crippen molar-refractivity contribution in [2.75, 3.05) is 6.54 Å². The fourth-order valence-corrected chi connectivity index (χ4v) is 3.18. The van der Waals surface area contributed by atoms with Gasteiger partial charge in [-0.05, 0) is 32.4 Å². The monoisotopic (exact) mass is 258 g/mol. The standard InChI is InChI=1S/C16H22N2O/c1-12(17)15-7-4-5-9-18(15)10-13-11-19-16-8-3-2-6-14(13)16/h2-3,6,8,11-12,15H,4-5,7,9-10,17H2,1H3. The molecule has 0 saturated carbocycles. The van der Waals surface area contributed by atoms with Crippen LogP contribution in [0.3, 0.4) is 0 Å². The molecule has 19 heavy (non-hydrogen) atoms. The Morgan fingerprint density at radius 2 is 2.21 bits per heavy atom. The van der Waals surface area contributed by atoms with E-state index in [1.165, 1.54) is 30.2 Å². The SMILES string of the molecule is CC(N)C1CCCCN1Cc1coc2ccccc12. The Kier molecular flexibility index (Phi) is 3.58. The van der Waals surface area contributed by atoms with Crippen LogP contribution in [0.15, 0.2) is 34.9 Å². The number of rotatable bonds is 3. The lowest BCUT2D eigenvalue weighted by Gasteiger charge is -2.37. The van der Waals surface area contributed by atoms with E-state index in [9.17, 15) is 0 Å². The second kappa shape index (κ2) is 5.35. The van der Waals surface area contributed by atoms with Gasteiger partial charge in [-0.1, -0.05) is 24.6 Å². The van der Waals surface area contributed by atoms with E-state index in [-0.39, 0.29) is 6.04 Å². The lowest BCUT2D eigenvalue weighted by atomic mass is 9.96. The van der Waals surface area contributed by atoms with Crippen molar-refractivity contribution < 1.29 is 4.42 Å². The van der Waals surface area contributed by atoms with E-state index in [1.807, 2.05) is 18.4 Å². The highest BCUT2D eigenvalue weighted by molar-refractivity contribution is 5.80. The number of likely N-dealkylation sites (tertiary alicyclic amines) is 1. The Balaban J connectivity index is 1.83. The van der Waals surface area contributed by atoms with Crippen LogP contribution in [0.5, 0.6) is 0 Å². The highest BCUT2D eigenvalue weighted by atomic mass is 16.3. The van der Waals surface area contributed by atoms with Gasteiger partial charge in [-0.25, -0.2) is 0 Å². The summed E-state index contributed by atoms with van der Waals surface area (Å²) < 4.78 is 5.63. The van der Waals surface area contributed by atoms with Crippen LogP contribution in [-0.4, -0.2) is 23.5 Å². The molecule has 1 aliphatic heterocycles. The van der Waals surface area contributed by atoms with Crippen molar-refractivity contribution in [1.29, 1.82) is 0 Å². The summed E-state index contributed by atoms with van der Waals surface area (Å²) in [6.07, 6.45) is 5.69. The molecule has 2 atom stereocenters. The molecule has 3 heteroatoms. The summed E-state index contributed by atoms with van der Waals surface area (Å²) in [5.74, 6) is 0. The number of hydrogen-bond donors (Lipinski definition) is 1. The van der Waals surface area contributed by atoms with E-state index in [2.05, 4.69) is 24.0 Å². The molecule has 0 radical (unpaired) electrons. The second-order valence-corrected chi connectivity index (χ2v) is 5.65. The molecule has 1 aromatic carbocycles. The van der Waals surface area contributed by atoms with Crippen LogP contribution < -0.4 is 5.73 Å². The van der Waals surface area contributed by atoms with Gasteiger partial charge in [0.2, 0.25) is 0 Å². The third kappa shape index (κ3) is 2.53. The Morgan fingerprint density at radius 3 is 3.05 bits per heavy atom. The van der Waals surface area contributed by atoms with Gasteiger partial charge >= 0.3 is 0 Å². The summed E-state index contributed by atoms with van der Waals surface area (Å²) in [7, 11) is 0. The van der Waals surface area contributed by atoms with Crippen molar-refractivity contribution in [3.05, 3.63) is 36.1 Å². The van der Waals surface area contributed by atoms with Gasteiger partial charge < -0.3 is 10.2 Å². The molecule has 1 saturated heterocycles. The third-order valence-corrected chi connectivity index (χ3v) is 4.21. The molecule has 1 aliphatic rings. The first-order chi connectivity index (χ1) is 9.25. The van der Waals surface area contributed by atoms with E-state index < -0.39 is 0 Å². The fourth-order valence-electron chi connectivity index (χ4n) is 3.18. The molecule has 2 heterocycles. The number of fused-ring (bicyclic) bond motifs is 1. The van der Waals surface area contributed by atoms with E-state index >= 15 is 0 Å². The zero-order valence-corrected chi connectivity index (χ0v) is 11.5. The van der Waals surface area contributed by atoms with Crippen molar-refractivity contribution in [3.8, 4) is 0 Å². The molecule has 2 aromatic rings. The maximum Gasteiger partial charge on any atom is 0.134 e. The van der Waals surface area contributed by atoms with Crippen molar-refractivity contribution in [3.63, 3.8) is 0 Å². The van der Waals surface area contributed by atoms with Gasteiger partial charge in [-0.3, -0.25) is 4.90 Å². The van der Waals surface area contributed by atoms with Crippen LogP contribution in [0, 0.1) is 0 Å². The Labute approximate surface area is 114 Å². The Morgan fingerprint density at radius 1 is 1.37 bits per heavy atom. The zero-order valence-electron chi connectivity index (χ0n) is 11.5. The summed E-state index contributed by atoms with van der Waals surface area (Å²) >= 11 is 0. The average molecular weight is 258 g/mol. The van der Waals surface area contributed by atoms with Gasteiger partial charge in [0.1, 0.15) is 5.58 Å². The largest absolute Gasteiger partial charge is 0.464 e. The zero-order chi connectivity index (χ0) is 13.2. The van der Waals surface area contributed by atoms with Gasteiger partial charge in [0, 0.05) is 29.6 Å². The lowest BCUT2D eigenvalue weighted by Crippen LogP contribution is -2.48. The van der Waals surface area contributed by atoms with E-state index in [1.54, 1.807) is 0 Å². The second-order valence-electron chi connectivity index (χ2n) is 5.65. The summed E-state index contributed by atoms with van der Waals surface area (Å²) in [6.45, 7) is 4.21. The first-order valence-electron chi connectivity index (χ1n) is 7.20. The molecule has 102 valence electrons. The van der Waals surface area contributed by atoms with Gasteiger partial charge in [-0.2, -0.15) is 0 Å². The average Bonchev–Trinajstić information content (AvgIpc) is 2.83. The van der Waals surface area contributed by atoms with Crippen LogP contribution in [0.2, 0.25) is 0 Å². The predicted octanol–water partition coefficient (Wildman–Crippen LogP) is 3.13. The first-order valence-corrected chi connectivity index (χ1v) is 7.20. The quantitative estimate of drug-likeness (QED) is 0.919. The molecule has 0 amide bonds. The number of hydrogen-bond acceptors (Lipinski definition) is 3. The normalized spacial score (nSPS) is 22.7. The highest BCUT2D eigenvalue weighted by Gasteiger charge is 2.26. The van der Waals surface area contributed by atoms with E-state index in [4.69, 9.17) is 10.2 Å². The molecule has 3 rings (SSSR count). The van der Waals surface area contributed by atoms with E-state index in [0.29, 0.717) is 6.04 Å². The minimum atomic E-state index is 0.235. The number of nitrogens with zero attached hydrogens (tertiary/aromatic N) is 1. The Bertz CT molecular complexity index is 546. The molecule has 0 bridgehead atoms. The van der Waals surface area contributed by atoms with Gasteiger partial charge in [0.15, 0.2) is 0 Å². The van der Waals surface area contributed by atoms with Crippen molar-refractivity contribution in [1.82, 2.24) is 4.90 Å².